The number of hydrogen-bond acceptors (Lipinski definition) is 3. The van der Waals surface area contributed by atoms with Gasteiger partial charge in [-0.3, -0.25) is 4.79 Å². The lowest BCUT2D eigenvalue weighted by molar-refractivity contribution is 0.0358. The van der Waals surface area contributed by atoms with Crippen molar-refractivity contribution < 1.29 is 14.6 Å². The Hall–Kier alpha value is -1.55. The highest BCUT2D eigenvalue weighted by Gasteiger charge is 2.31. The summed E-state index contributed by atoms with van der Waals surface area (Å²) >= 11 is 0. The first kappa shape index (κ1) is 13.9. The van der Waals surface area contributed by atoms with Crippen LogP contribution in [0, 0.1) is 5.92 Å². The predicted octanol–water partition coefficient (Wildman–Crippen LogP) is 1.93. The number of aliphatic hydroxyl groups excluding tert-OH is 1. The number of methoxy groups -OCH3 is 1. The molecule has 2 unspecified atom stereocenters. The first-order valence-electron chi connectivity index (χ1n) is 6.73. The lowest BCUT2D eigenvalue weighted by atomic mass is 9.90. The normalized spacial score (nSPS) is 23.2. The molecule has 1 saturated heterocycles. The second-order valence-corrected chi connectivity index (χ2v) is 5.10. The van der Waals surface area contributed by atoms with Crippen LogP contribution in [0.3, 0.4) is 0 Å². The van der Waals surface area contributed by atoms with Gasteiger partial charge in [-0.25, -0.2) is 0 Å². The van der Waals surface area contributed by atoms with Gasteiger partial charge in [0.25, 0.3) is 5.91 Å². The number of ether oxygens (including phenoxy) is 1. The zero-order valence-corrected chi connectivity index (χ0v) is 11.5. The van der Waals surface area contributed by atoms with Crippen molar-refractivity contribution in [1.29, 1.82) is 0 Å². The lowest BCUT2D eigenvalue weighted by Crippen LogP contribution is -2.49. The average Bonchev–Trinajstić information content (AvgIpc) is 2.46. The number of aliphatic hydroxyl groups is 1. The number of carbonyl (C=O) groups is 1. The fraction of sp³-hybridized carbons (Fsp3) is 0.533. The zero-order valence-electron chi connectivity index (χ0n) is 11.5. The van der Waals surface area contributed by atoms with Gasteiger partial charge in [0.2, 0.25) is 0 Å². The van der Waals surface area contributed by atoms with Gasteiger partial charge in [-0.2, -0.15) is 0 Å². The molecule has 1 aromatic rings. The Bertz CT molecular complexity index is 430. The topological polar surface area (TPSA) is 49.8 Å². The van der Waals surface area contributed by atoms with Crippen molar-refractivity contribution in [1.82, 2.24) is 4.90 Å². The van der Waals surface area contributed by atoms with Crippen LogP contribution in [0.1, 0.15) is 30.1 Å². The second-order valence-electron chi connectivity index (χ2n) is 5.10. The van der Waals surface area contributed by atoms with Crippen LogP contribution >= 0.6 is 0 Å². The van der Waals surface area contributed by atoms with Crippen molar-refractivity contribution in [2.75, 3.05) is 20.3 Å². The number of hydrogen-bond donors (Lipinski definition) is 1. The number of piperidine rings is 1. The largest absolute Gasteiger partial charge is 0.497 e. The summed E-state index contributed by atoms with van der Waals surface area (Å²) in [6.45, 7) is 2.85. The fourth-order valence-electron chi connectivity index (χ4n) is 2.68. The van der Waals surface area contributed by atoms with Crippen molar-refractivity contribution in [2.24, 2.45) is 5.92 Å². The summed E-state index contributed by atoms with van der Waals surface area (Å²) in [5.74, 6) is 1.08. The van der Waals surface area contributed by atoms with Gasteiger partial charge in [-0.1, -0.05) is 6.92 Å². The standard InChI is InChI=1S/C15H21NO3/c1-11-4-3-9-16(14(11)10-17)15(18)12-5-7-13(19-2)8-6-12/h5-8,11,14,17H,3-4,9-10H2,1-2H3. The number of amides is 1. The van der Waals surface area contributed by atoms with Crippen LogP contribution < -0.4 is 4.74 Å². The minimum absolute atomic E-state index is 0.00625. The first-order valence-corrected chi connectivity index (χ1v) is 6.73. The summed E-state index contributed by atoms with van der Waals surface area (Å²) in [5.41, 5.74) is 0.647. The third-order valence-corrected chi connectivity index (χ3v) is 3.90. The molecule has 2 rings (SSSR count). The molecule has 1 fully saturated rings. The van der Waals surface area contributed by atoms with Gasteiger partial charge in [0, 0.05) is 12.1 Å². The smallest absolute Gasteiger partial charge is 0.254 e. The van der Waals surface area contributed by atoms with E-state index >= 15 is 0 Å². The molecule has 1 N–H and O–H groups in total. The summed E-state index contributed by atoms with van der Waals surface area (Å²) < 4.78 is 5.09. The Labute approximate surface area is 114 Å². The van der Waals surface area contributed by atoms with Crippen LogP contribution in [-0.2, 0) is 0 Å². The molecule has 1 amide bonds. The molecule has 0 aliphatic carbocycles. The van der Waals surface area contributed by atoms with E-state index in [4.69, 9.17) is 4.74 Å². The van der Waals surface area contributed by atoms with E-state index in [1.54, 1.807) is 36.3 Å². The Morgan fingerprint density at radius 1 is 1.42 bits per heavy atom. The zero-order chi connectivity index (χ0) is 13.8. The highest BCUT2D eigenvalue weighted by Crippen LogP contribution is 2.25. The Morgan fingerprint density at radius 3 is 2.68 bits per heavy atom. The van der Waals surface area contributed by atoms with Crippen molar-refractivity contribution in [3.8, 4) is 5.75 Å². The molecule has 1 aromatic carbocycles. The Morgan fingerprint density at radius 2 is 2.11 bits per heavy atom. The molecule has 4 heteroatoms. The third kappa shape index (κ3) is 2.89. The van der Waals surface area contributed by atoms with Crippen molar-refractivity contribution in [3.05, 3.63) is 29.8 Å². The van der Waals surface area contributed by atoms with Crippen molar-refractivity contribution in [2.45, 2.75) is 25.8 Å². The number of likely N-dealkylation sites (tertiary alicyclic amines) is 1. The van der Waals surface area contributed by atoms with Crippen LogP contribution in [0.5, 0.6) is 5.75 Å². The molecule has 1 aliphatic rings. The van der Waals surface area contributed by atoms with Gasteiger partial charge in [-0.05, 0) is 43.0 Å². The molecule has 4 nitrogen and oxygen atoms in total. The monoisotopic (exact) mass is 263 g/mol. The molecular formula is C15H21NO3. The molecule has 0 radical (unpaired) electrons. The highest BCUT2D eigenvalue weighted by molar-refractivity contribution is 5.94. The highest BCUT2D eigenvalue weighted by atomic mass is 16.5. The summed E-state index contributed by atoms with van der Waals surface area (Å²) in [4.78, 5) is 14.3. The quantitative estimate of drug-likeness (QED) is 0.906. The van der Waals surface area contributed by atoms with E-state index in [1.807, 2.05) is 0 Å². The summed E-state index contributed by atoms with van der Waals surface area (Å²) in [7, 11) is 1.60. The molecule has 19 heavy (non-hydrogen) atoms. The van der Waals surface area contributed by atoms with E-state index in [0.717, 1.165) is 25.1 Å². The molecule has 2 atom stereocenters. The summed E-state index contributed by atoms with van der Waals surface area (Å²) in [6, 6.07) is 7.05. The maximum absolute atomic E-state index is 12.5. The minimum atomic E-state index is -0.0663. The van der Waals surface area contributed by atoms with Crippen LogP contribution in [0.15, 0.2) is 24.3 Å². The first-order chi connectivity index (χ1) is 9.17. The average molecular weight is 263 g/mol. The van der Waals surface area contributed by atoms with Crippen molar-refractivity contribution in [3.63, 3.8) is 0 Å². The van der Waals surface area contributed by atoms with Gasteiger partial charge < -0.3 is 14.7 Å². The second kappa shape index (κ2) is 6.06. The van der Waals surface area contributed by atoms with E-state index in [-0.39, 0.29) is 18.6 Å². The SMILES string of the molecule is COc1ccc(C(=O)N2CCCC(C)C2CO)cc1. The van der Waals surface area contributed by atoms with E-state index in [2.05, 4.69) is 6.92 Å². The lowest BCUT2D eigenvalue weighted by Gasteiger charge is -2.39. The van der Waals surface area contributed by atoms with Gasteiger partial charge in [0.1, 0.15) is 5.75 Å². The van der Waals surface area contributed by atoms with E-state index < -0.39 is 0 Å². The van der Waals surface area contributed by atoms with E-state index in [1.165, 1.54) is 0 Å². The molecule has 0 spiro atoms. The molecule has 0 aromatic heterocycles. The molecular weight excluding hydrogens is 242 g/mol. The van der Waals surface area contributed by atoms with Gasteiger partial charge >= 0.3 is 0 Å². The maximum Gasteiger partial charge on any atom is 0.254 e. The number of carbonyl (C=O) groups excluding carboxylic acids is 1. The van der Waals surface area contributed by atoms with Crippen LogP contribution in [0.2, 0.25) is 0 Å². The van der Waals surface area contributed by atoms with Crippen LogP contribution in [0.4, 0.5) is 0 Å². The third-order valence-electron chi connectivity index (χ3n) is 3.90. The molecule has 0 saturated carbocycles. The van der Waals surface area contributed by atoms with Crippen LogP contribution in [-0.4, -0.2) is 42.2 Å². The number of rotatable bonds is 3. The van der Waals surface area contributed by atoms with E-state index in [0.29, 0.717) is 11.5 Å². The predicted molar refractivity (Wildman–Crippen MR) is 73.3 cm³/mol. The van der Waals surface area contributed by atoms with Gasteiger partial charge in [0.05, 0.1) is 19.8 Å². The Kier molecular flexibility index (Phi) is 4.43. The van der Waals surface area contributed by atoms with Crippen LogP contribution in [0.25, 0.3) is 0 Å². The molecule has 1 heterocycles. The van der Waals surface area contributed by atoms with Crippen molar-refractivity contribution >= 4 is 5.91 Å². The molecule has 1 aliphatic heterocycles. The molecule has 0 bridgehead atoms. The minimum Gasteiger partial charge on any atom is -0.497 e. The summed E-state index contributed by atoms with van der Waals surface area (Å²) in [6.07, 6.45) is 2.07. The Balaban J connectivity index is 2.16. The van der Waals surface area contributed by atoms with Gasteiger partial charge in [0.15, 0.2) is 0 Å². The number of benzene rings is 1. The number of nitrogens with zero attached hydrogens (tertiary/aromatic N) is 1. The van der Waals surface area contributed by atoms with Gasteiger partial charge in [-0.15, -0.1) is 0 Å². The molecule has 104 valence electrons. The fourth-order valence-corrected chi connectivity index (χ4v) is 2.68. The maximum atomic E-state index is 12.5. The summed E-state index contributed by atoms with van der Waals surface area (Å²) in [5, 5.41) is 9.50. The van der Waals surface area contributed by atoms with E-state index in [9.17, 15) is 9.90 Å².